The summed E-state index contributed by atoms with van der Waals surface area (Å²) in [5.74, 6) is 2.52. The van der Waals surface area contributed by atoms with Gasteiger partial charge in [0.25, 0.3) is 0 Å². The number of nitrogens with zero attached hydrogens (tertiary/aromatic N) is 3. The predicted octanol–water partition coefficient (Wildman–Crippen LogP) is 3.82. The molecule has 3 heterocycles. The first-order valence-electron chi connectivity index (χ1n) is 13.5. The first-order valence-corrected chi connectivity index (χ1v) is 13.5. The van der Waals surface area contributed by atoms with Gasteiger partial charge in [0.15, 0.2) is 0 Å². The SMILES string of the molecule is CC[O-].Cl.Cl.O=C1Cc2cc3cc(OCCCC(=O)N4CCN(CC5CCCCC5)CC4)ccc3nc2N1. The molecule has 8 nitrogen and oxygen atoms in total. The van der Waals surface area contributed by atoms with Crippen LogP contribution in [0.5, 0.6) is 5.75 Å². The maximum Gasteiger partial charge on any atom is 0.230 e. The molecule has 0 bridgehead atoms. The Balaban J connectivity index is 0.000000969. The van der Waals surface area contributed by atoms with Gasteiger partial charge in [-0.3, -0.25) is 14.5 Å². The number of carbonyl (C=O) groups excluding carboxylic acids is 2. The van der Waals surface area contributed by atoms with E-state index in [1.165, 1.54) is 38.6 Å². The van der Waals surface area contributed by atoms with Crippen LogP contribution in [-0.2, 0) is 16.0 Å². The molecule has 0 radical (unpaired) electrons. The quantitative estimate of drug-likeness (QED) is 0.510. The van der Waals surface area contributed by atoms with Crippen LogP contribution in [0.25, 0.3) is 10.9 Å². The maximum atomic E-state index is 12.6. The summed E-state index contributed by atoms with van der Waals surface area (Å²) in [6, 6.07) is 7.76. The van der Waals surface area contributed by atoms with E-state index in [0.29, 0.717) is 31.7 Å². The van der Waals surface area contributed by atoms with Gasteiger partial charge < -0.3 is 20.1 Å². The van der Waals surface area contributed by atoms with Crippen LogP contribution in [0.3, 0.4) is 0 Å². The molecule has 212 valence electrons. The molecule has 1 aromatic heterocycles. The first-order chi connectivity index (χ1) is 17.6. The summed E-state index contributed by atoms with van der Waals surface area (Å²) in [4.78, 5) is 33.3. The number of rotatable bonds is 7. The third-order valence-corrected chi connectivity index (χ3v) is 7.24. The smallest absolute Gasteiger partial charge is 0.230 e. The molecule has 2 amide bonds. The number of carbonyl (C=O) groups is 2. The van der Waals surface area contributed by atoms with E-state index in [1.54, 1.807) is 6.92 Å². The number of benzene rings is 1. The maximum absolute atomic E-state index is 12.6. The molecule has 0 spiro atoms. The number of anilines is 1. The van der Waals surface area contributed by atoms with Gasteiger partial charge in [0.1, 0.15) is 11.6 Å². The van der Waals surface area contributed by atoms with E-state index in [2.05, 4.69) is 15.2 Å². The van der Waals surface area contributed by atoms with Gasteiger partial charge in [-0.1, -0.05) is 26.2 Å². The zero-order chi connectivity index (χ0) is 25.3. The Hall–Kier alpha value is -2.13. The Labute approximate surface area is 238 Å². The van der Waals surface area contributed by atoms with Crippen LogP contribution >= 0.6 is 24.8 Å². The van der Waals surface area contributed by atoms with Crippen molar-refractivity contribution in [3.63, 3.8) is 0 Å². The van der Waals surface area contributed by atoms with Gasteiger partial charge in [-0.25, -0.2) is 4.98 Å². The lowest BCUT2D eigenvalue weighted by Gasteiger charge is -2.37. The van der Waals surface area contributed by atoms with E-state index in [4.69, 9.17) is 9.84 Å². The van der Waals surface area contributed by atoms with Crippen molar-refractivity contribution in [2.45, 2.75) is 58.3 Å². The molecule has 10 heteroatoms. The van der Waals surface area contributed by atoms with Crippen molar-refractivity contribution in [1.29, 1.82) is 0 Å². The van der Waals surface area contributed by atoms with Crippen molar-refractivity contribution < 1.29 is 19.4 Å². The van der Waals surface area contributed by atoms with E-state index in [1.807, 2.05) is 29.2 Å². The molecule has 1 N–H and O–H groups in total. The molecule has 1 saturated heterocycles. The highest BCUT2D eigenvalue weighted by atomic mass is 35.5. The zero-order valence-electron chi connectivity index (χ0n) is 22.3. The van der Waals surface area contributed by atoms with Gasteiger partial charge in [-0.15, -0.1) is 31.4 Å². The number of ether oxygens (including phenoxy) is 1. The fourth-order valence-electron chi connectivity index (χ4n) is 5.37. The van der Waals surface area contributed by atoms with Crippen LogP contribution in [0.2, 0.25) is 0 Å². The molecule has 1 aliphatic carbocycles. The van der Waals surface area contributed by atoms with E-state index >= 15 is 0 Å². The molecule has 2 fully saturated rings. The third-order valence-electron chi connectivity index (χ3n) is 7.24. The number of aromatic nitrogens is 1. The predicted molar refractivity (Wildman–Crippen MR) is 153 cm³/mol. The summed E-state index contributed by atoms with van der Waals surface area (Å²) < 4.78 is 5.90. The summed E-state index contributed by atoms with van der Waals surface area (Å²) in [5.41, 5.74) is 1.76. The highest BCUT2D eigenvalue weighted by Gasteiger charge is 2.24. The average molecular weight is 569 g/mol. The van der Waals surface area contributed by atoms with Crippen molar-refractivity contribution in [2.75, 3.05) is 51.3 Å². The van der Waals surface area contributed by atoms with Crippen LogP contribution in [-0.4, -0.2) is 72.5 Å². The lowest BCUT2D eigenvalue weighted by molar-refractivity contribution is -0.361. The van der Waals surface area contributed by atoms with E-state index in [0.717, 1.165) is 54.3 Å². The standard InChI is InChI=1S/C26H34N4O3.C2H5O.2ClH/c31-24-17-21-15-20-16-22(8-9-23(20)27-26(21)28-24)33-14-4-7-25(32)30-12-10-29(11-13-30)18-19-5-2-1-3-6-19;1-2-3;;/h8-9,15-16,19H,1-7,10-14,17-18H2,(H,27,28,31);2H2,1H3;2*1H/q;-1;;. The molecule has 0 unspecified atom stereocenters. The fraction of sp³-hybridized carbons (Fsp3) is 0.607. The van der Waals surface area contributed by atoms with Gasteiger partial charge in [0, 0.05) is 50.1 Å². The normalized spacial score (nSPS) is 17.4. The number of pyridine rings is 1. The number of hydrogen-bond acceptors (Lipinski definition) is 6. The molecular weight excluding hydrogens is 527 g/mol. The second-order valence-electron chi connectivity index (χ2n) is 10.0. The van der Waals surface area contributed by atoms with Crippen molar-refractivity contribution in [2.24, 2.45) is 5.92 Å². The highest BCUT2D eigenvalue weighted by Crippen LogP contribution is 2.28. The Kier molecular flexibility index (Phi) is 13.6. The molecule has 2 aliphatic heterocycles. The number of amides is 2. The van der Waals surface area contributed by atoms with Crippen LogP contribution in [0.15, 0.2) is 24.3 Å². The van der Waals surface area contributed by atoms with Crippen LogP contribution in [0, 0.1) is 5.92 Å². The minimum Gasteiger partial charge on any atom is -0.855 e. The van der Waals surface area contributed by atoms with E-state index in [9.17, 15) is 9.59 Å². The molecule has 2 aromatic rings. The van der Waals surface area contributed by atoms with Gasteiger partial charge in [-0.2, -0.15) is 0 Å². The Morgan fingerprint density at radius 3 is 2.53 bits per heavy atom. The second kappa shape index (κ2) is 16.1. The molecule has 0 atom stereocenters. The summed E-state index contributed by atoms with van der Waals surface area (Å²) in [7, 11) is 0. The lowest BCUT2D eigenvalue weighted by atomic mass is 9.89. The molecule has 5 rings (SSSR count). The monoisotopic (exact) mass is 567 g/mol. The summed E-state index contributed by atoms with van der Waals surface area (Å²) >= 11 is 0. The minimum atomic E-state index is -0.0143. The molecule has 1 saturated carbocycles. The van der Waals surface area contributed by atoms with Crippen molar-refractivity contribution >= 4 is 53.3 Å². The molecule has 1 aromatic carbocycles. The van der Waals surface area contributed by atoms with Crippen LogP contribution < -0.4 is 15.2 Å². The van der Waals surface area contributed by atoms with E-state index in [-0.39, 0.29) is 43.2 Å². The summed E-state index contributed by atoms with van der Waals surface area (Å²) in [6.45, 7) is 7.02. The van der Waals surface area contributed by atoms with E-state index < -0.39 is 0 Å². The van der Waals surface area contributed by atoms with Gasteiger partial charge in [0.05, 0.1) is 18.5 Å². The average Bonchev–Trinajstić information content (AvgIpc) is 3.25. The number of halogens is 2. The van der Waals surface area contributed by atoms with Crippen molar-refractivity contribution in [3.8, 4) is 5.75 Å². The third kappa shape index (κ3) is 8.97. The summed E-state index contributed by atoms with van der Waals surface area (Å²) in [5, 5.41) is 12.7. The van der Waals surface area contributed by atoms with Gasteiger partial charge >= 0.3 is 0 Å². The Morgan fingerprint density at radius 2 is 1.82 bits per heavy atom. The highest BCUT2D eigenvalue weighted by molar-refractivity contribution is 6.00. The number of fused-ring (bicyclic) bond motifs is 2. The first kappa shape index (κ1) is 32.1. The molecule has 38 heavy (non-hydrogen) atoms. The minimum absolute atomic E-state index is 0. The van der Waals surface area contributed by atoms with Crippen molar-refractivity contribution in [3.05, 3.63) is 29.8 Å². The van der Waals surface area contributed by atoms with Gasteiger partial charge in [-0.05, 0) is 49.4 Å². The lowest BCUT2D eigenvalue weighted by Crippen LogP contribution is -2.49. The second-order valence-corrected chi connectivity index (χ2v) is 10.0. The van der Waals surface area contributed by atoms with Crippen molar-refractivity contribution in [1.82, 2.24) is 14.8 Å². The summed E-state index contributed by atoms with van der Waals surface area (Å²) in [6.07, 6.45) is 8.56. The Bertz CT molecular complexity index is 1040. The van der Waals surface area contributed by atoms with Gasteiger partial charge in [0.2, 0.25) is 11.8 Å². The topological polar surface area (TPSA) is 97.8 Å². The largest absolute Gasteiger partial charge is 0.855 e. The molecule has 3 aliphatic rings. The number of piperazine rings is 1. The number of nitrogens with one attached hydrogen (secondary N) is 1. The zero-order valence-corrected chi connectivity index (χ0v) is 23.9. The van der Waals surface area contributed by atoms with Crippen LogP contribution in [0.4, 0.5) is 5.82 Å². The molecular formula is C28H41Cl2N4O4-. The van der Waals surface area contributed by atoms with Crippen LogP contribution in [0.1, 0.15) is 57.4 Å². The Morgan fingerprint density at radius 1 is 1.11 bits per heavy atom. The number of hydrogen-bond donors (Lipinski definition) is 1. The fourth-order valence-corrected chi connectivity index (χ4v) is 5.37.